The van der Waals surface area contributed by atoms with Gasteiger partial charge < -0.3 is 15.5 Å². The Hall–Kier alpha value is -2.74. The summed E-state index contributed by atoms with van der Waals surface area (Å²) in [6, 6.07) is 9.87. The van der Waals surface area contributed by atoms with Crippen LogP contribution >= 0.6 is 0 Å². The van der Waals surface area contributed by atoms with E-state index in [1.807, 2.05) is 0 Å². The van der Waals surface area contributed by atoms with Gasteiger partial charge in [0.15, 0.2) is 0 Å². The summed E-state index contributed by atoms with van der Waals surface area (Å²) in [5, 5.41) is 22.9. The van der Waals surface area contributed by atoms with Crippen molar-refractivity contribution in [2.75, 3.05) is 0 Å². The molecule has 1 aromatic heterocycles. The van der Waals surface area contributed by atoms with E-state index in [1.165, 1.54) is 37.7 Å². The number of aromatic nitrogens is 3. The van der Waals surface area contributed by atoms with Gasteiger partial charge in [-0.15, -0.1) is 0 Å². The second-order valence-corrected chi connectivity index (χ2v) is 8.69. The van der Waals surface area contributed by atoms with Gasteiger partial charge in [-0.2, -0.15) is 5.10 Å². The van der Waals surface area contributed by atoms with E-state index >= 15 is 0 Å². The summed E-state index contributed by atoms with van der Waals surface area (Å²) in [7, 11) is 0. The maximum absolute atomic E-state index is 9.10. The van der Waals surface area contributed by atoms with Gasteiger partial charge in [-0.1, -0.05) is 18.6 Å². The monoisotopic (exact) mass is 412 g/mol. The maximum atomic E-state index is 9.10. The normalized spacial score (nSPS) is 29.7. The average molecular weight is 412 g/mol. The summed E-state index contributed by atoms with van der Waals surface area (Å²) < 4.78 is 1.80. The van der Waals surface area contributed by atoms with E-state index in [2.05, 4.69) is 46.6 Å². The van der Waals surface area contributed by atoms with Crippen LogP contribution in [0.3, 0.4) is 0 Å². The second-order valence-electron chi connectivity index (χ2n) is 8.69. The summed E-state index contributed by atoms with van der Waals surface area (Å²) in [4.78, 5) is 22.2. The Labute approximate surface area is 175 Å². The molecule has 8 heteroatoms. The lowest BCUT2D eigenvalue weighted by molar-refractivity contribution is -0.159. The van der Waals surface area contributed by atoms with Gasteiger partial charge in [0, 0.05) is 12.1 Å². The van der Waals surface area contributed by atoms with Crippen molar-refractivity contribution in [3.8, 4) is 5.69 Å². The molecule has 3 aliphatic rings. The van der Waals surface area contributed by atoms with E-state index in [9.17, 15) is 0 Å². The predicted molar refractivity (Wildman–Crippen MR) is 109 cm³/mol. The van der Waals surface area contributed by atoms with Crippen LogP contribution in [0.15, 0.2) is 36.9 Å². The molecule has 2 bridgehead atoms. The minimum atomic E-state index is -1.82. The maximum Gasteiger partial charge on any atom is 0.414 e. The molecule has 1 heterocycles. The van der Waals surface area contributed by atoms with Crippen LogP contribution in [-0.2, 0) is 9.59 Å². The number of fused-ring (bicyclic) bond motifs is 5. The first-order valence-corrected chi connectivity index (χ1v) is 10.6. The number of carbonyl (C=O) groups is 2. The molecule has 0 aliphatic heterocycles. The number of hydrogen-bond donors (Lipinski definition) is 3. The molecule has 3 aliphatic carbocycles. The highest BCUT2D eigenvalue weighted by molar-refractivity contribution is 6.27. The van der Waals surface area contributed by atoms with Gasteiger partial charge in [-0.05, 0) is 74.0 Å². The molecule has 30 heavy (non-hydrogen) atoms. The molecule has 3 N–H and O–H groups in total. The third kappa shape index (κ3) is 4.09. The van der Waals surface area contributed by atoms with Crippen LogP contribution in [0.4, 0.5) is 0 Å². The van der Waals surface area contributed by atoms with Crippen molar-refractivity contribution in [3.05, 3.63) is 42.5 Å². The fourth-order valence-electron chi connectivity index (χ4n) is 5.93. The lowest BCUT2D eigenvalue weighted by Crippen LogP contribution is -2.40. The number of carboxylic acid groups (broad SMARTS) is 2. The number of rotatable bonds is 4. The first-order valence-electron chi connectivity index (χ1n) is 10.6. The minimum Gasteiger partial charge on any atom is -0.473 e. The molecule has 3 saturated carbocycles. The molecule has 0 saturated heterocycles. The van der Waals surface area contributed by atoms with Crippen LogP contribution in [0.1, 0.15) is 50.6 Å². The van der Waals surface area contributed by atoms with E-state index in [-0.39, 0.29) is 0 Å². The molecule has 5 rings (SSSR count). The van der Waals surface area contributed by atoms with Gasteiger partial charge in [-0.25, -0.2) is 19.3 Å². The Morgan fingerprint density at radius 3 is 2.40 bits per heavy atom. The van der Waals surface area contributed by atoms with Gasteiger partial charge in [0.1, 0.15) is 12.7 Å². The lowest BCUT2D eigenvalue weighted by Gasteiger charge is -2.34. The number of benzene rings is 1. The van der Waals surface area contributed by atoms with Crippen LogP contribution in [0, 0.1) is 23.7 Å². The number of aliphatic carboxylic acids is 2. The molecular weight excluding hydrogens is 384 g/mol. The largest absolute Gasteiger partial charge is 0.473 e. The van der Waals surface area contributed by atoms with Crippen molar-refractivity contribution in [2.24, 2.45) is 23.7 Å². The second kappa shape index (κ2) is 8.55. The Bertz CT molecular complexity index is 871. The zero-order valence-electron chi connectivity index (χ0n) is 17.0. The zero-order valence-corrected chi connectivity index (χ0v) is 17.0. The Kier molecular flexibility index (Phi) is 5.85. The molecule has 0 spiro atoms. The third-order valence-electron chi connectivity index (χ3n) is 7.15. The van der Waals surface area contributed by atoms with E-state index in [1.54, 1.807) is 17.3 Å². The molecule has 1 aromatic carbocycles. The van der Waals surface area contributed by atoms with Crippen LogP contribution < -0.4 is 5.32 Å². The standard InChI is InChI=1S/C20H26N4.C2H2O4/c1-13(14-5-7-16(8-6-14)24-12-21-11-22-24)23-20-10-15-9-19(20)18-4-2-3-17(15)18;3-1(4)2(5)6/h5-8,11-13,15,17-20,23H,2-4,9-10H2,1H3;(H,3,4)(H,5,6). The third-order valence-corrected chi connectivity index (χ3v) is 7.15. The van der Waals surface area contributed by atoms with Crippen LogP contribution in [0.25, 0.3) is 5.69 Å². The number of hydrogen-bond acceptors (Lipinski definition) is 5. The average Bonchev–Trinajstić information content (AvgIpc) is 3.50. The van der Waals surface area contributed by atoms with Crippen LogP contribution in [0.2, 0.25) is 0 Å². The molecule has 2 aromatic rings. The van der Waals surface area contributed by atoms with Gasteiger partial charge in [0.05, 0.1) is 5.69 Å². The molecule has 8 nitrogen and oxygen atoms in total. The van der Waals surface area contributed by atoms with Gasteiger partial charge in [-0.3, -0.25) is 0 Å². The molecule has 160 valence electrons. The smallest absolute Gasteiger partial charge is 0.414 e. The molecule has 6 unspecified atom stereocenters. The number of carboxylic acids is 2. The van der Waals surface area contributed by atoms with Crippen molar-refractivity contribution in [2.45, 2.75) is 51.1 Å². The highest BCUT2D eigenvalue weighted by atomic mass is 16.4. The van der Waals surface area contributed by atoms with Crippen LogP contribution in [-0.4, -0.2) is 43.0 Å². The minimum absolute atomic E-state index is 0.416. The topological polar surface area (TPSA) is 117 Å². The molecular formula is C22H28N4O4. The molecule has 0 amide bonds. The van der Waals surface area contributed by atoms with Crippen molar-refractivity contribution in [1.29, 1.82) is 0 Å². The van der Waals surface area contributed by atoms with E-state index < -0.39 is 11.9 Å². The van der Waals surface area contributed by atoms with Gasteiger partial charge >= 0.3 is 11.9 Å². The van der Waals surface area contributed by atoms with Gasteiger partial charge in [0.25, 0.3) is 0 Å². The predicted octanol–water partition coefficient (Wildman–Crippen LogP) is 2.90. The fraction of sp³-hybridized carbons (Fsp3) is 0.545. The summed E-state index contributed by atoms with van der Waals surface area (Å²) in [6.45, 7) is 2.31. The van der Waals surface area contributed by atoms with Crippen molar-refractivity contribution in [1.82, 2.24) is 20.1 Å². The Morgan fingerprint density at radius 2 is 1.77 bits per heavy atom. The molecule has 0 radical (unpaired) electrons. The van der Waals surface area contributed by atoms with E-state index in [0.717, 1.165) is 35.4 Å². The summed E-state index contributed by atoms with van der Waals surface area (Å²) in [5.41, 5.74) is 2.43. The SMILES string of the molecule is CC(NC1CC2CC1C1CCCC21)c1ccc(-n2cncn2)cc1.O=C(O)C(=O)O. The van der Waals surface area contributed by atoms with Crippen molar-refractivity contribution < 1.29 is 19.8 Å². The van der Waals surface area contributed by atoms with Crippen molar-refractivity contribution >= 4 is 11.9 Å². The molecule has 6 atom stereocenters. The Morgan fingerprint density at radius 1 is 1.07 bits per heavy atom. The molecule has 3 fully saturated rings. The summed E-state index contributed by atoms with van der Waals surface area (Å²) in [6.07, 6.45) is 10.7. The highest BCUT2D eigenvalue weighted by Gasteiger charge is 2.53. The zero-order chi connectivity index (χ0) is 21.3. The lowest BCUT2D eigenvalue weighted by atomic mass is 9.79. The van der Waals surface area contributed by atoms with E-state index in [0.29, 0.717) is 6.04 Å². The first kappa shape index (κ1) is 20.5. The summed E-state index contributed by atoms with van der Waals surface area (Å²) in [5.74, 6) is 0.416. The number of nitrogens with zero attached hydrogens (tertiary/aromatic N) is 3. The first-order chi connectivity index (χ1) is 14.4. The van der Waals surface area contributed by atoms with Crippen LogP contribution in [0.5, 0.6) is 0 Å². The number of nitrogens with one attached hydrogen (secondary N) is 1. The quantitative estimate of drug-likeness (QED) is 0.661. The van der Waals surface area contributed by atoms with Gasteiger partial charge in [0.2, 0.25) is 0 Å². The van der Waals surface area contributed by atoms with Crippen molar-refractivity contribution in [3.63, 3.8) is 0 Å². The van der Waals surface area contributed by atoms with E-state index in [4.69, 9.17) is 19.8 Å². The fourth-order valence-corrected chi connectivity index (χ4v) is 5.93. The highest BCUT2D eigenvalue weighted by Crippen LogP contribution is 2.58. The Balaban J connectivity index is 0.000000322. The summed E-state index contributed by atoms with van der Waals surface area (Å²) >= 11 is 0.